The van der Waals surface area contributed by atoms with Crippen LogP contribution in [0.3, 0.4) is 0 Å². The van der Waals surface area contributed by atoms with Crippen molar-refractivity contribution in [1.82, 2.24) is 19.0 Å². The van der Waals surface area contributed by atoms with E-state index in [-0.39, 0.29) is 17.9 Å². The van der Waals surface area contributed by atoms with Crippen molar-refractivity contribution >= 4 is 27.6 Å². The molecule has 1 aromatic carbocycles. The Morgan fingerprint density at radius 3 is 2.60 bits per heavy atom. The third-order valence-corrected chi connectivity index (χ3v) is 9.13. The largest absolute Gasteiger partial charge is 0.592 e. The van der Waals surface area contributed by atoms with Crippen molar-refractivity contribution in [3.63, 3.8) is 0 Å². The zero-order valence-electron chi connectivity index (χ0n) is 16.7. The Morgan fingerprint density at radius 2 is 1.93 bits per heavy atom. The lowest BCUT2D eigenvalue weighted by Crippen LogP contribution is -2.55. The summed E-state index contributed by atoms with van der Waals surface area (Å²) in [6.07, 6.45) is 0. The van der Waals surface area contributed by atoms with E-state index < -0.39 is 10.4 Å². The molecule has 9 heteroatoms. The molecule has 5 rings (SSSR count). The number of aromatic nitrogens is 2. The van der Waals surface area contributed by atoms with Crippen LogP contribution in [0.5, 0.6) is 0 Å². The van der Waals surface area contributed by atoms with Crippen LogP contribution in [0.25, 0.3) is 5.69 Å². The topological polar surface area (TPSA) is 81.5 Å². The van der Waals surface area contributed by atoms with Crippen molar-refractivity contribution < 1.29 is 13.6 Å². The minimum atomic E-state index is -3.41. The molecule has 2 aliphatic rings. The van der Waals surface area contributed by atoms with E-state index in [4.69, 9.17) is 0 Å². The summed E-state index contributed by atoms with van der Waals surface area (Å²) in [5.41, 5.74) is 3.30. The van der Waals surface area contributed by atoms with Crippen LogP contribution in [-0.2, 0) is 14.6 Å². The van der Waals surface area contributed by atoms with Crippen molar-refractivity contribution in [1.29, 1.82) is 0 Å². The number of nitrogens with zero attached hydrogens (tertiary/aromatic N) is 4. The van der Waals surface area contributed by atoms with Gasteiger partial charge in [-0.1, -0.05) is 33.7 Å². The Bertz CT molecular complexity index is 1140. The lowest BCUT2D eigenvalue weighted by atomic mass is 10.0. The fourth-order valence-electron chi connectivity index (χ4n) is 4.36. The van der Waals surface area contributed by atoms with Crippen LogP contribution >= 0.6 is 11.3 Å². The third-order valence-electron chi connectivity index (χ3n) is 5.92. The second-order valence-corrected chi connectivity index (χ2v) is 11.0. The Kier molecular flexibility index (Phi) is 4.66. The van der Waals surface area contributed by atoms with E-state index in [2.05, 4.69) is 5.10 Å². The average molecular weight is 443 g/mol. The molecule has 1 saturated heterocycles. The molecule has 0 spiro atoms. The van der Waals surface area contributed by atoms with Gasteiger partial charge in [0.25, 0.3) is 5.91 Å². The van der Waals surface area contributed by atoms with Gasteiger partial charge in [0.1, 0.15) is 5.69 Å². The van der Waals surface area contributed by atoms with Gasteiger partial charge >= 0.3 is 0 Å². The van der Waals surface area contributed by atoms with Gasteiger partial charge in [0.05, 0.1) is 30.5 Å². The van der Waals surface area contributed by atoms with Crippen LogP contribution in [0.15, 0.2) is 52.1 Å². The van der Waals surface area contributed by atoms with Gasteiger partial charge in [0.15, 0.2) is 10.4 Å². The van der Waals surface area contributed by atoms with Crippen LogP contribution in [0.4, 0.5) is 0 Å². The van der Waals surface area contributed by atoms with Crippen molar-refractivity contribution in [2.45, 2.75) is 24.1 Å². The molecule has 0 saturated carbocycles. The lowest BCUT2D eigenvalue weighted by molar-refractivity contribution is 0.0611. The van der Waals surface area contributed by atoms with Crippen LogP contribution < -0.4 is 0 Å². The van der Waals surface area contributed by atoms with Gasteiger partial charge in [0.2, 0.25) is 4.21 Å². The second kappa shape index (κ2) is 7.12. The molecule has 0 radical (unpaired) electrons. The van der Waals surface area contributed by atoms with Gasteiger partial charge in [0, 0.05) is 24.1 Å². The molecule has 2 aliphatic heterocycles. The maximum absolute atomic E-state index is 13.3. The van der Waals surface area contributed by atoms with E-state index in [0.717, 1.165) is 16.9 Å². The van der Waals surface area contributed by atoms with Gasteiger partial charge in [-0.05, 0) is 37.4 Å². The summed E-state index contributed by atoms with van der Waals surface area (Å²) in [7, 11) is -3.41. The predicted octanol–water partition coefficient (Wildman–Crippen LogP) is 3.29. The fraction of sp³-hybridized carbons (Fsp3) is 0.333. The van der Waals surface area contributed by atoms with E-state index in [1.807, 2.05) is 49.1 Å². The van der Waals surface area contributed by atoms with Gasteiger partial charge < -0.3 is 9.45 Å². The first-order chi connectivity index (χ1) is 14.4. The number of rotatable bonds is 5. The molecule has 0 aliphatic carbocycles. The number of hydrogen-bond donors (Lipinski definition) is 0. The highest BCUT2D eigenvalue weighted by Gasteiger charge is 2.46. The maximum Gasteiger partial charge on any atom is 0.273 e. The number of para-hydroxylation sites is 1. The number of fused-ring (bicyclic) bond motifs is 1. The van der Waals surface area contributed by atoms with Gasteiger partial charge in [-0.25, -0.2) is 4.68 Å². The average Bonchev–Trinajstić information content (AvgIpc) is 3.39. The first-order valence-electron chi connectivity index (χ1n) is 9.87. The Hall–Kier alpha value is -2.33. The normalized spacial score (nSPS) is 21.5. The van der Waals surface area contributed by atoms with Crippen molar-refractivity contribution in [2.24, 2.45) is 5.92 Å². The summed E-state index contributed by atoms with van der Waals surface area (Å²) in [5.74, 6) is 0.0927. The number of thiophene rings is 1. The summed E-state index contributed by atoms with van der Waals surface area (Å²) in [4.78, 5) is 15.1. The number of hydrogen-bond acceptors (Lipinski definition) is 5. The minimum absolute atomic E-state index is 0.0403. The van der Waals surface area contributed by atoms with Crippen molar-refractivity contribution in [2.75, 3.05) is 19.6 Å². The summed E-state index contributed by atoms with van der Waals surface area (Å²) >= 11 is 1.23. The lowest BCUT2D eigenvalue weighted by Gasteiger charge is -2.41. The fourth-order valence-corrected chi connectivity index (χ4v) is 7.10. The summed E-state index contributed by atoms with van der Waals surface area (Å²) in [6.45, 7) is 5.38. The summed E-state index contributed by atoms with van der Waals surface area (Å²) in [5, 5.41) is 6.37. The van der Waals surface area contributed by atoms with Crippen LogP contribution in [0.1, 0.15) is 34.7 Å². The van der Waals surface area contributed by atoms with Crippen molar-refractivity contribution in [3.05, 3.63) is 64.8 Å². The maximum atomic E-state index is 13.3. The smallest absolute Gasteiger partial charge is 0.273 e. The Morgan fingerprint density at radius 1 is 1.20 bits per heavy atom. The SMILES string of the molecule is Cc1nn(-c2ccccc2)c2c1C(C)N(CC1CN([S+](=O)([O-])c3cccs3)C1)C2=O. The molecule has 2 unspecified atom stereocenters. The van der Waals surface area contributed by atoms with Crippen molar-refractivity contribution in [3.8, 4) is 5.69 Å². The Labute approximate surface area is 180 Å². The van der Waals surface area contributed by atoms with E-state index in [9.17, 15) is 13.6 Å². The number of aryl methyl sites for hydroxylation is 1. The highest BCUT2D eigenvalue weighted by molar-refractivity contribution is 7.97. The molecule has 1 fully saturated rings. The molecule has 4 heterocycles. The molecule has 3 aromatic rings. The van der Waals surface area contributed by atoms with Crippen LogP contribution in [-0.4, -0.2) is 49.1 Å². The summed E-state index contributed by atoms with van der Waals surface area (Å²) in [6, 6.07) is 13.0. The standard InChI is InChI=1S/C21H22N4O3S2/c1-14-19-15(2)24(21(26)20(19)25(22-14)17-7-4-3-5-8-17)13-16-11-23(12-16)30(27,28)18-9-6-10-29-18/h3-10,15-16H,11-13H2,1-2H3. The zero-order valence-corrected chi connectivity index (χ0v) is 18.4. The predicted molar refractivity (Wildman–Crippen MR) is 114 cm³/mol. The third kappa shape index (κ3) is 2.96. The number of amides is 1. The number of sulfonamides is 1. The molecule has 7 nitrogen and oxygen atoms in total. The van der Waals surface area contributed by atoms with E-state index in [1.54, 1.807) is 22.2 Å². The Balaban J connectivity index is 1.33. The molecule has 1 amide bonds. The van der Waals surface area contributed by atoms with Gasteiger partial charge in [-0.3, -0.25) is 4.79 Å². The molecule has 156 valence electrons. The summed E-state index contributed by atoms with van der Waals surface area (Å²) < 4.78 is 28.8. The van der Waals surface area contributed by atoms with Crippen LogP contribution in [0, 0.1) is 12.8 Å². The zero-order chi connectivity index (χ0) is 21.0. The first kappa shape index (κ1) is 19.6. The highest BCUT2D eigenvalue weighted by atomic mass is 32.3. The minimum Gasteiger partial charge on any atom is -0.592 e. The quantitative estimate of drug-likeness (QED) is 0.568. The molecule has 0 bridgehead atoms. The highest BCUT2D eigenvalue weighted by Crippen LogP contribution is 2.39. The van der Waals surface area contributed by atoms with Crippen LogP contribution in [0.2, 0.25) is 0 Å². The molecule has 2 atom stereocenters. The van der Waals surface area contributed by atoms with E-state index in [0.29, 0.717) is 29.5 Å². The second-order valence-electron chi connectivity index (χ2n) is 7.85. The molecule has 30 heavy (non-hydrogen) atoms. The first-order valence-corrected chi connectivity index (χ1v) is 12.2. The number of carbonyl (C=O) groups excluding carboxylic acids is 1. The number of benzene rings is 1. The van der Waals surface area contributed by atoms with E-state index in [1.165, 1.54) is 15.6 Å². The molecule has 0 N–H and O–H groups in total. The van der Waals surface area contributed by atoms with E-state index >= 15 is 0 Å². The monoisotopic (exact) mass is 442 g/mol. The number of carbonyl (C=O) groups is 1. The van der Waals surface area contributed by atoms with Gasteiger partial charge in [-0.2, -0.15) is 5.10 Å². The molecular formula is C21H22N4O3S2. The molecular weight excluding hydrogens is 420 g/mol. The van der Waals surface area contributed by atoms with Gasteiger partial charge in [-0.15, -0.1) is 4.31 Å². The molecule has 2 aromatic heterocycles.